The Hall–Kier alpha value is -2.64. The molecular weight excluding hydrogens is 384 g/mol. The largest absolute Gasteiger partial charge is 0.290 e. The molecule has 0 atom stereocenters. The van der Waals surface area contributed by atoms with Gasteiger partial charge < -0.3 is 0 Å². The molecule has 0 amide bonds. The first-order chi connectivity index (χ1) is 12.9. The number of nitrogens with zero attached hydrogens (tertiary/aromatic N) is 4. The molecule has 0 unspecified atom stereocenters. The fourth-order valence-corrected chi connectivity index (χ4v) is 3.86. The van der Waals surface area contributed by atoms with Crippen LogP contribution in [0.4, 0.5) is 0 Å². The van der Waals surface area contributed by atoms with Crippen molar-refractivity contribution in [3.8, 4) is 0 Å². The maximum absolute atomic E-state index is 12.6. The van der Waals surface area contributed by atoms with E-state index in [1.807, 2.05) is 25.1 Å². The normalized spacial score (nSPS) is 11.4. The molecule has 8 heteroatoms. The van der Waals surface area contributed by atoms with E-state index in [9.17, 15) is 9.59 Å². The van der Waals surface area contributed by atoms with Gasteiger partial charge in [0, 0.05) is 25.1 Å². The molecule has 0 aliphatic heterocycles. The summed E-state index contributed by atoms with van der Waals surface area (Å²) in [4.78, 5) is 33.9. The number of aromatic nitrogens is 4. The van der Waals surface area contributed by atoms with Crippen LogP contribution < -0.4 is 11.1 Å². The molecule has 136 valence electrons. The topological polar surface area (TPSA) is 69.3 Å². The lowest BCUT2D eigenvalue weighted by Gasteiger charge is -2.09. The zero-order valence-corrected chi connectivity index (χ0v) is 16.2. The summed E-state index contributed by atoms with van der Waals surface area (Å²) in [6.45, 7) is 1.94. The minimum atomic E-state index is -0.200. The van der Waals surface area contributed by atoms with Gasteiger partial charge in [0.2, 0.25) is 0 Å². The molecule has 0 aliphatic carbocycles. The molecule has 1 aromatic carbocycles. The van der Waals surface area contributed by atoms with Crippen molar-refractivity contribution in [3.05, 3.63) is 79.6 Å². The van der Waals surface area contributed by atoms with Gasteiger partial charge >= 0.3 is 0 Å². The standard InChI is InChI=1S/C19H15ClN4O2S/c1-11-3-5-15-14(7-11)18(26)23(2)19(22-15)27-10-13-8-17(25)24-9-12(20)4-6-16(24)21-13/h3-9H,10H2,1-2H3. The lowest BCUT2D eigenvalue weighted by Crippen LogP contribution is -2.20. The van der Waals surface area contributed by atoms with E-state index in [2.05, 4.69) is 9.97 Å². The summed E-state index contributed by atoms with van der Waals surface area (Å²) in [5, 5.41) is 1.65. The third-order valence-corrected chi connectivity index (χ3v) is 5.50. The molecule has 0 spiro atoms. The lowest BCUT2D eigenvalue weighted by atomic mass is 10.2. The maximum atomic E-state index is 12.6. The minimum Gasteiger partial charge on any atom is -0.290 e. The van der Waals surface area contributed by atoms with Crippen molar-refractivity contribution in [2.45, 2.75) is 17.8 Å². The van der Waals surface area contributed by atoms with Gasteiger partial charge in [0.25, 0.3) is 11.1 Å². The second-order valence-electron chi connectivity index (χ2n) is 6.23. The highest BCUT2D eigenvalue weighted by Gasteiger charge is 2.10. The molecule has 0 bridgehead atoms. The molecule has 4 aromatic rings. The molecule has 3 heterocycles. The van der Waals surface area contributed by atoms with Crippen LogP contribution in [0.5, 0.6) is 0 Å². The minimum absolute atomic E-state index is 0.0904. The third-order valence-electron chi connectivity index (χ3n) is 4.22. The van der Waals surface area contributed by atoms with E-state index in [-0.39, 0.29) is 11.1 Å². The third kappa shape index (κ3) is 3.36. The number of benzene rings is 1. The number of hydrogen-bond donors (Lipinski definition) is 0. The van der Waals surface area contributed by atoms with Gasteiger partial charge in [-0.2, -0.15) is 0 Å². The van der Waals surface area contributed by atoms with Crippen molar-refractivity contribution >= 4 is 39.9 Å². The van der Waals surface area contributed by atoms with Crippen molar-refractivity contribution in [2.75, 3.05) is 0 Å². The number of thioether (sulfide) groups is 1. The Morgan fingerprint density at radius 2 is 1.93 bits per heavy atom. The van der Waals surface area contributed by atoms with Gasteiger partial charge in [-0.1, -0.05) is 35.0 Å². The van der Waals surface area contributed by atoms with E-state index in [0.29, 0.717) is 38.2 Å². The molecule has 0 aliphatic rings. The van der Waals surface area contributed by atoms with Crippen molar-refractivity contribution in [2.24, 2.45) is 7.05 Å². The number of aryl methyl sites for hydroxylation is 1. The highest BCUT2D eigenvalue weighted by Crippen LogP contribution is 2.21. The van der Waals surface area contributed by atoms with Crippen molar-refractivity contribution in [1.82, 2.24) is 18.9 Å². The van der Waals surface area contributed by atoms with Crippen LogP contribution in [-0.4, -0.2) is 18.9 Å². The number of fused-ring (bicyclic) bond motifs is 2. The van der Waals surface area contributed by atoms with Gasteiger partial charge in [0.1, 0.15) is 5.65 Å². The van der Waals surface area contributed by atoms with Crippen LogP contribution >= 0.6 is 23.4 Å². The van der Waals surface area contributed by atoms with E-state index in [4.69, 9.17) is 11.6 Å². The number of halogens is 1. The Morgan fingerprint density at radius 3 is 2.74 bits per heavy atom. The Labute approximate surface area is 163 Å². The van der Waals surface area contributed by atoms with Crippen molar-refractivity contribution in [1.29, 1.82) is 0 Å². The summed E-state index contributed by atoms with van der Waals surface area (Å²) in [6, 6.07) is 10.5. The number of pyridine rings is 1. The first-order valence-corrected chi connectivity index (χ1v) is 9.57. The van der Waals surface area contributed by atoms with Crippen LogP contribution in [0.15, 0.2) is 57.3 Å². The predicted molar refractivity (Wildman–Crippen MR) is 108 cm³/mol. The monoisotopic (exact) mass is 398 g/mol. The molecule has 0 saturated carbocycles. The molecule has 4 rings (SSSR count). The summed E-state index contributed by atoms with van der Waals surface area (Å²) >= 11 is 7.30. The Balaban J connectivity index is 1.69. The fraction of sp³-hybridized carbons (Fsp3) is 0.158. The highest BCUT2D eigenvalue weighted by atomic mass is 35.5. The average molecular weight is 399 g/mol. The number of rotatable bonds is 3. The molecule has 6 nitrogen and oxygen atoms in total. The quantitative estimate of drug-likeness (QED) is 0.391. The zero-order valence-electron chi connectivity index (χ0n) is 14.6. The Morgan fingerprint density at radius 1 is 1.11 bits per heavy atom. The Kier molecular flexibility index (Phi) is 4.49. The summed E-state index contributed by atoms with van der Waals surface area (Å²) < 4.78 is 2.93. The van der Waals surface area contributed by atoms with E-state index in [1.165, 1.54) is 26.8 Å². The van der Waals surface area contributed by atoms with E-state index in [1.54, 1.807) is 25.4 Å². The smallest absolute Gasteiger partial charge is 0.261 e. The molecule has 0 fully saturated rings. The molecule has 0 radical (unpaired) electrons. The van der Waals surface area contributed by atoms with Gasteiger partial charge in [-0.15, -0.1) is 0 Å². The molecule has 0 saturated heterocycles. The zero-order chi connectivity index (χ0) is 19.1. The van der Waals surface area contributed by atoms with Gasteiger partial charge in [0.15, 0.2) is 5.16 Å². The first kappa shape index (κ1) is 17.8. The van der Waals surface area contributed by atoms with Gasteiger partial charge in [-0.25, -0.2) is 9.97 Å². The van der Waals surface area contributed by atoms with E-state index < -0.39 is 0 Å². The van der Waals surface area contributed by atoms with Gasteiger partial charge in [-0.3, -0.25) is 18.6 Å². The summed E-state index contributed by atoms with van der Waals surface area (Å²) in [6.07, 6.45) is 1.54. The van der Waals surface area contributed by atoms with Crippen molar-refractivity contribution in [3.63, 3.8) is 0 Å². The molecule has 0 N–H and O–H groups in total. The van der Waals surface area contributed by atoms with Crippen LogP contribution in [0.2, 0.25) is 5.02 Å². The molecule has 3 aromatic heterocycles. The summed E-state index contributed by atoms with van der Waals surface area (Å²) in [5.41, 5.74) is 2.53. The SMILES string of the molecule is Cc1ccc2nc(SCc3cc(=O)n4cc(Cl)ccc4n3)n(C)c(=O)c2c1. The van der Waals surface area contributed by atoms with Crippen LogP contribution in [0, 0.1) is 6.92 Å². The lowest BCUT2D eigenvalue weighted by molar-refractivity contribution is 0.726. The molecule has 27 heavy (non-hydrogen) atoms. The van der Waals surface area contributed by atoms with E-state index >= 15 is 0 Å². The second-order valence-corrected chi connectivity index (χ2v) is 7.61. The summed E-state index contributed by atoms with van der Waals surface area (Å²) in [7, 11) is 1.70. The van der Waals surface area contributed by atoms with Gasteiger partial charge in [0.05, 0.1) is 21.6 Å². The number of hydrogen-bond acceptors (Lipinski definition) is 5. The average Bonchev–Trinajstić information content (AvgIpc) is 2.64. The predicted octanol–water partition coefficient (Wildman–Crippen LogP) is 3.20. The first-order valence-electron chi connectivity index (χ1n) is 8.20. The fourth-order valence-electron chi connectivity index (χ4n) is 2.83. The van der Waals surface area contributed by atoms with Crippen LogP contribution in [0.25, 0.3) is 16.6 Å². The van der Waals surface area contributed by atoms with Crippen LogP contribution in [-0.2, 0) is 12.8 Å². The maximum Gasteiger partial charge on any atom is 0.261 e. The molecular formula is C19H15ClN4O2S. The second kappa shape index (κ2) is 6.83. The van der Waals surface area contributed by atoms with Gasteiger partial charge in [-0.05, 0) is 31.2 Å². The highest BCUT2D eigenvalue weighted by molar-refractivity contribution is 7.98. The van der Waals surface area contributed by atoms with E-state index in [0.717, 1.165) is 5.56 Å². The Bertz CT molecular complexity index is 1310. The van der Waals surface area contributed by atoms with Crippen molar-refractivity contribution < 1.29 is 0 Å². The van der Waals surface area contributed by atoms with Crippen LogP contribution in [0.3, 0.4) is 0 Å². The van der Waals surface area contributed by atoms with Crippen LogP contribution in [0.1, 0.15) is 11.3 Å². The summed E-state index contributed by atoms with van der Waals surface area (Å²) in [5.74, 6) is 0.423.